The predicted molar refractivity (Wildman–Crippen MR) is 53.1 cm³/mol. The van der Waals surface area contributed by atoms with Gasteiger partial charge < -0.3 is 5.11 Å². The second-order valence-corrected chi connectivity index (χ2v) is 2.97. The van der Waals surface area contributed by atoms with Crippen molar-refractivity contribution < 1.29 is 19.1 Å². The number of carboxylic acids is 1. The number of rotatable bonds is 3. The van der Waals surface area contributed by atoms with Gasteiger partial charge in [-0.2, -0.15) is 0 Å². The Labute approximate surface area is 85.8 Å². The Kier molecular flexibility index (Phi) is 3.33. The lowest BCUT2D eigenvalue weighted by atomic mass is 10.1. The van der Waals surface area contributed by atoms with Gasteiger partial charge in [0.2, 0.25) is 0 Å². The molecule has 0 unspecified atom stereocenters. The molecule has 15 heavy (non-hydrogen) atoms. The van der Waals surface area contributed by atoms with Crippen LogP contribution < -0.4 is 0 Å². The molecule has 0 aliphatic heterocycles. The molecule has 1 rings (SSSR count). The SMILES string of the molecule is CC(=O)c1cc(C=CC(=O)O)ccc1F. The molecule has 3 nitrogen and oxygen atoms in total. The number of hydrogen-bond acceptors (Lipinski definition) is 2. The summed E-state index contributed by atoms with van der Waals surface area (Å²) < 4.78 is 13.1. The van der Waals surface area contributed by atoms with Crippen LogP contribution in [0.25, 0.3) is 6.08 Å². The molecule has 0 fully saturated rings. The molecule has 78 valence electrons. The molecule has 0 heterocycles. The lowest BCUT2D eigenvalue weighted by Gasteiger charge is -1.99. The van der Waals surface area contributed by atoms with E-state index in [1.807, 2.05) is 0 Å². The van der Waals surface area contributed by atoms with Gasteiger partial charge in [-0.3, -0.25) is 4.79 Å². The van der Waals surface area contributed by atoms with Crippen molar-refractivity contribution in [3.8, 4) is 0 Å². The third-order valence-corrected chi connectivity index (χ3v) is 1.79. The van der Waals surface area contributed by atoms with Gasteiger partial charge in [0.25, 0.3) is 0 Å². The maximum absolute atomic E-state index is 13.1. The molecule has 1 N–H and O–H groups in total. The highest BCUT2D eigenvalue weighted by Gasteiger charge is 2.06. The van der Waals surface area contributed by atoms with E-state index < -0.39 is 17.6 Å². The van der Waals surface area contributed by atoms with Gasteiger partial charge in [0.1, 0.15) is 5.82 Å². The van der Waals surface area contributed by atoms with E-state index in [1.165, 1.54) is 25.1 Å². The third kappa shape index (κ3) is 3.02. The summed E-state index contributed by atoms with van der Waals surface area (Å²) in [6.07, 6.45) is 2.23. The number of carbonyl (C=O) groups excluding carboxylic acids is 1. The molecular weight excluding hydrogens is 199 g/mol. The van der Waals surface area contributed by atoms with Crippen LogP contribution in [0.15, 0.2) is 24.3 Å². The number of Topliss-reactive ketones (excluding diaryl/α,β-unsaturated/α-hetero) is 1. The molecule has 0 bridgehead atoms. The van der Waals surface area contributed by atoms with E-state index in [9.17, 15) is 14.0 Å². The number of halogens is 1. The molecule has 0 aliphatic rings. The van der Waals surface area contributed by atoms with Crippen molar-refractivity contribution in [2.24, 2.45) is 0 Å². The monoisotopic (exact) mass is 208 g/mol. The zero-order valence-corrected chi connectivity index (χ0v) is 8.03. The van der Waals surface area contributed by atoms with E-state index in [1.54, 1.807) is 0 Å². The molecule has 0 radical (unpaired) electrons. The van der Waals surface area contributed by atoms with Gasteiger partial charge in [-0.25, -0.2) is 9.18 Å². The Morgan fingerprint density at radius 3 is 2.60 bits per heavy atom. The van der Waals surface area contributed by atoms with Gasteiger partial charge in [0.15, 0.2) is 5.78 Å². The summed E-state index contributed by atoms with van der Waals surface area (Å²) in [6, 6.07) is 3.86. The van der Waals surface area contributed by atoms with E-state index in [2.05, 4.69) is 0 Å². The summed E-state index contributed by atoms with van der Waals surface area (Å²) in [5, 5.41) is 8.38. The Balaban J connectivity index is 3.08. The molecule has 0 aromatic heterocycles. The van der Waals surface area contributed by atoms with E-state index in [4.69, 9.17) is 5.11 Å². The molecule has 1 aromatic carbocycles. The van der Waals surface area contributed by atoms with Crippen LogP contribution in [0.3, 0.4) is 0 Å². The fraction of sp³-hybridized carbons (Fsp3) is 0.0909. The normalized spacial score (nSPS) is 10.5. The second-order valence-electron chi connectivity index (χ2n) is 2.97. The van der Waals surface area contributed by atoms with E-state index in [-0.39, 0.29) is 5.56 Å². The summed E-state index contributed by atoms with van der Waals surface area (Å²) in [5.41, 5.74) is 0.437. The standard InChI is InChI=1S/C11H9FO3/c1-7(13)9-6-8(2-4-10(9)12)3-5-11(14)15/h2-6H,1H3,(H,14,15). The molecule has 0 saturated carbocycles. The number of ketones is 1. The first-order valence-electron chi connectivity index (χ1n) is 4.22. The highest BCUT2D eigenvalue weighted by Crippen LogP contribution is 2.12. The smallest absolute Gasteiger partial charge is 0.328 e. The molecule has 0 amide bonds. The quantitative estimate of drug-likeness (QED) is 0.611. The van der Waals surface area contributed by atoms with Gasteiger partial charge in [-0.1, -0.05) is 6.07 Å². The van der Waals surface area contributed by atoms with Crippen LogP contribution in [-0.2, 0) is 4.79 Å². The topological polar surface area (TPSA) is 54.4 Å². The number of hydrogen-bond donors (Lipinski definition) is 1. The molecule has 0 spiro atoms. The first-order chi connectivity index (χ1) is 7.00. The fourth-order valence-corrected chi connectivity index (χ4v) is 1.08. The average molecular weight is 208 g/mol. The summed E-state index contributed by atoms with van der Waals surface area (Å²) in [5.74, 6) is -2.09. The minimum Gasteiger partial charge on any atom is -0.478 e. The van der Waals surface area contributed by atoms with Crippen LogP contribution in [0.4, 0.5) is 4.39 Å². The number of benzene rings is 1. The first kappa shape index (κ1) is 11.1. The lowest BCUT2D eigenvalue weighted by Crippen LogP contribution is -1.97. The summed E-state index contributed by atoms with van der Waals surface area (Å²) in [7, 11) is 0. The molecule has 1 aromatic rings. The van der Waals surface area contributed by atoms with Gasteiger partial charge >= 0.3 is 5.97 Å². The predicted octanol–water partition coefficient (Wildman–Crippen LogP) is 2.13. The van der Waals surface area contributed by atoms with Crippen LogP contribution in [0, 0.1) is 5.82 Å². The largest absolute Gasteiger partial charge is 0.478 e. The van der Waals surface area contributed by atoms with Crippen molar-refractivity contribution in [1.29, 1.82) is 0 Å². The number of carbonyl (C=O) groups is 2. The lowest BCUT2D eigenvalue weighted by molar-refractivity contribution is -0.131. The van der Waals surface area contributed by atoms with Crippen LogP contribution >= 0.6 is 0 Å². The van der Waals surface area contributed by atoms with Crippen LogP contribution in [0.5, 0.6) is 0 Å². The molecular formula is C11H9FO3. The Morgan fingerprint density at radius 2 is 2.07 bits per heavy atom. The van der Waals surface area contributed by atoms with Gasteiger partial charge in [0.05, 0.1) is 5.56 Å². The van der Waals surface area contributed by atoms with Crippen LogP contribution in [0.2, 0.25) is 0 Å². The van der Waals surface area contributed by atoms with Crippen molar-refractivity contribution in [3.63, 3.8) is 0 Å². The van der Waals surface area contributed by atoms with Crippen molar-refractivity contribution in [1.82, 2.24) is 0 Å². The summed E-state index contributed by atoms with van der Waals surface area (Å²) >= 11 is 0. The zero-order chi connectivity index (χ0) is 11.4. The van der Waals surface area contributed by atoms with Crippen molar-refractivity contribution in [2.75, 3.05) is 0 Å². The zero-order valence-electron chi connectivity index (χ0n) is 8.03. The molecule has 4 heteroatoms. The summed E-state index contributed by atoms with van der Waals surface area (Å²) in [6.45, 7) is 1.25. The van der Waals surface area contributed by atoms with Crippen molar-refractivity contribution in [2.45, 2.75) is 6.92 Å². The highest BCUT2D eigenvalue weighted by molar-refractivity contribution is 5.95. The molecule has 0 aliphatic carbocycles. The van der Waals surface area contributed by atoms with Crippen molar-refractivity contribution >= 4 is 17.8 Å². The average Bonchev–Trinajstić information content (AvgIpc) is 2.16. The number of carboxylic acid groups (broad SMARTS) is 1. The minimum atomic E-state index is -1.09. The number of aliphatic carboxylic acids is 1. The van der Waals surface area contributed by atoms with E-state index in [0.717, 1.165) is 12.1 Å². The van der Waals surface area contributed by atoms with Crippen molar-refractivity contribution in [3.05, 3.63) is 41.2 Å². The fourth-order valence-electron chi connectivity index (χ4n) is 1.08. The first-order valence-corrected chi connectivity index (χ1v) is 4.22. The van der Waals surface area contributed by atoms with E-state index in [0.29, 0.717) is 5.56 Å². The second kappa shape index (κ2) is 4.50. The van der Waals surface area contributed by atoms with Crippen LogP contribution in [0.1, 0.15) is 22.8 Å². The van der Waals surface area contributed by atoms with Gasteiger partial charge in [0, 0.05) is 6.08 Å². The Hall–Kier alpha value is -1.97. The van der Waals surface area contributed by atoms with Crippen LogP contribution in [-0.4, -0.2) is 16.9 Å². The molecule has 0 atom stereocenters. The summed E-state index contributed by atoms with van der Waals surface area (Å²) in [4.78, 5) is 21.2. The van der Waals surface area contributed by atoms with Gasteiger partial charge in [-0.15, -0.1) is 0 Å². The maximum Gasteiger partial charge on any atom is 0.328 e. The Morgan fingerprint density at radius 1 is 1.40 bits per heavy atom. The van der Waals surface area contributed by atoms with E-state index >= 15 is 0 Å². The Bertz CT molecular complexity index is 435. The third-order valence-electron chi connectivity index (χ3n) is 1.79. The highest BCUT2D eigenvalue weighted by atomic mass is 19.1. The van der Waals surface area contributed by atoms with Gasteiger partial charge in [-0.05, 0) is 30.7 Å². The minimum absolute atomic E-state index is 0.0393. The maximum atomic E-state index is 13.1. The molecule has 0 saturated heterocycles.